The van der Waals surface area contributed by atoms with Crippen LogP contribution >= 0.6 is 0 Å². The third-order valence-corrected chi connectivity index (χ3v) is 8.61. The molecule has 7 rings (SSSR count). The van der Waals surface area contributed by atoms with E-state index in [9.17, 15) is 14.4 Å². The van der Waals surface area contributed by atoms with Crippen molar-refractivity contribution in [3.05, 3.63) is 120 Å². The van der Waals surface area contributed by atoms with Crippen LogP contribution in [-0.4, -0.2) is 54.1 Å². The summed E-state index contributed by atoms with van der Waals surface area (Å²) < 4.78 is 35.1. The van der Waals surface area contributed by atoms with E-state index in [1.807, 2.05) is 0 Å². The molecular weight excluding hydrogens is 592 g/mol. The van der Waals surface area contributed by atoms with Gasteiger partial charge in [-0.05, 0) is 61.4 Å². The first-order valence-electron chi connectivity index (χ1n) is 14.9. The Labute approximate surface area is 264 Å². The summed E-state index contributed by atoms with van der Waals surface area (Å²) in [6.45, 7) is 0.884. The van der Waals surface area contributed by atoms with Crippen molar-refractivity contribution in [2.45, 2.75) is 25.4 Å². The van der Waals surface area contributed by atoms with Gasteiger partial charge in [-0.1, -0.05) is 24.3 Å². The number of pyridine rings is 2. The van der Waals surface area contributed by atoms with Gasteiger partial charge in [0, 0.05) is 35.9 Å². The van der Waals surface area contributed by atoms with Gasteiger partial charge >= 0.3 is 11.9 Å². The van der Waals surface area contributed by atoms with Crippen LogP contribution < -0.4 is 9.47 Å². The van der Waals surface area contributed by atoms with Gasteiger partial charge < -0.3 is 28.4 Å². The maximum atomic E-state index is 13.8. The zero-order valence-electron chi connectivity index (χ0n) is 24.7. The lowest BCUT2D eigenvalue weighted by Gasteiger charge is -2.40. The minimum absolute atomic E-state index is 0.0345. The highest BCUT2D eigenvalue weighted by Gasteiger charge is 2.60. The Morgan fingerprint density at radius 1 is 0.609 bits per heavy atom. The van der Waals surface area contributed by atoms with Gasteiger partial charge in [0.05, 0.1) is 48.4 Å². The number of carbonyl (C=O) groups excluding carboxylic acids is 3. The summed E-state index contributed by atoms with van der Waals surface area (Å²) in [5, 5.41) is 0. The van der Waals surface area contributed by atoms with E-state index in [2.05, 4.69) is 9.97 Å². The Bertz CT molecular complexity index is 1570. The molecule has 2 aliphatic heterocycles. The van der Waals surface area contributed by atoms with Crippen molar-refractivity contribution in [1.82, 2.24) is 9.97 Å². The van der Waals surface area contributed by atoms with Crippen LogP contribution in [0.5, 0.6) is 11.5 Å². The zero-order chi connectivity index (χ0) is 31.6. The highest BCUT2D eigenvalue weighted by Crippen LogP contribution is 2.52. The number of hydrogen-bond acceptors (Lipinski definition) is 11. The van der Waals surface area contributed by atoms with Gasteiger partial charge in [0.1, 0.15) is 11.5 Å². The number of aromatic nitrogens is 2. The molecule has 3 aliphatic rings. The fourth-order valence-corrected chi connectivity index (χ4v) is 6.01. The second kappa shape index (κ2) is 12.5. The van der Waals surface area contributed by atoms with Crippen LogP contribution in [0.1, 0.15) is 57.3 Å². The molecule has 2 spiro atoms. The van der Waals surface area contributed by atoms with Crippen LogP contribution in [0.15, 0.2) is 97.6 Å². The standard InChI is InChI=1S/C35H30N2O9/c38-29(25-3-1-15-36-17-25)45-27-9-5-23(6-10-27)31-41-19-34(20-42-31)13-14-35(33(34)40)21-43-32(44-22-35)24-7-11-28(12-8-24)46-30(39)26-4-2-16-37-18-26/h1-12,15-18,31-32H,13-14,19-22H2. The molecule has 234 valence electrons. The van der Waals surface area contributed by atoms with Gasteiger partial charge in [0.15, 0.2) is 18.4 Å². The molecule has 0 amide bonds. The topological polar surface area (TPSA) is 132 Å². The van der Waals surface area contributed by atoms with Crippen molar-refractivity contribution in [2.75, 3.05) is 26.4 Å². The van der Waals surface area contributed by atoms with Crippen molar-refractivity contribution in [3.8, 4) is 11.5 Å². The zero-order valence-corrected chi connectivity index (χ0v) is 24.7. The number of carbonyl (C=O) groups is 3. The first-order valence-corrected chi connectivity index (χ1v) is 14.9. The lowest BCUT2D eigenvalue weighted by Crippen LogP contribution is -2.50. The molecule has 46 heavy (non-hydrogen) atoms. The largest absolute Gasteiger partial charge is 0.423 e. The molecule has 0 bridgehead atoms. The highest BCUT2D eigenvalue weighted by molar-refractivity contribution is 5.93. The molecule has 4 heterocycles. The SMILES string of the molecule is O=C(Oc1ccc(C2OCC3(CCC4(COC(c5ccc(OC(=O)c6cccnc6)cc5)OC4)C3=O)CO2)cc1)c1cccnc1. The summed E-state index contributed by atoms with van der Waals surface area (Å²) in [7, 11) is 0. The average molecular weight is 623 g/mol. The minimum atomic E-state index is -0.769. The summed E-state index contributed by atoms with van der Waals surface area (Å²) in [5.41, 5.74) is 0.678. The molecular formula is C35H30N2O9. The quantitative estimate of drug-likeness (QED) is 0.212. The van der Waals surface area contributed by atoms with E-state index < -0.39 is 35.3 Å². The first-order chi connectivity index (χ1) is 22.4. The van der Waals surface area contributed by atoms with Crippen LogP contribution in [0.3, 0.4) is 0 Å². The predicted octanol–water partition coefficient (Wildman–Crippen LogP) is 5.04. The molecule has 1 aliphatic carbocycles. The number of rotatable bonds is 6. The van der Waals surface area contributed by atoms with Crippen LogP contribution in [0.25, 0.3) is 0 Å². The maximum Gasteiger partial charge on any atom is 0.345 e. The van der Waals surface area contributed by atoms with Crippen molar-refractivity contribution in [3.63, 3.8) is 0 Å². The lowest BCUT2D eigenvalue weighted by atomic mass is 9.78. The van der Waals surface area contributed by atoms with Crippen LogP contribution in [0.4, 0.5) is 0 Å². The van der Waals surface area contributed by atoms with Crippen molar-refractivity contribution < 1.29 is 42.8 Å². The van der Waals surface area contributed by atoms with E-state index in [0.29, 0.717) is 35.5 Å². The summed E-state index contributed by atoms with van der Waals surface area (Å²) in [5.74, 6) is -0.197. The third-order valence-electron chi connectivity index (χ3n) is 8.61. The molecule has 0 unspecified atom stereocenters. The Morgan fingerprint density at radius 2 is 1.00 bits per heavy atom. The number of nitrogens with zero attached hydrogens (tertiary/aromatic N) is 2. The lowest BCUT2D eigenvalue weighted by molar-refractivity contribution is -0.240. The van der Waals surface area contributed by atoms with Crippen LogP contribution in [-0.2, 0) is 23.7 Å². The first kappa shape index (κ1) is 29.9. The van der Waals surface area contributed by atoms with Crippen LogP contribution in [0.2, 0.25) is 0 Å². The van der Waals surface area contributed by atoms with E-state index in [0.717, 1.165) is 11.1 Å². The normalized spacial score (nSPS) is 25.8. The van der Waals surface area contributed by atoms with Gasteiger partial charge in [-0.25, -0.2) is 9.59 Å². The predicted molar refractivity (Wildman–Crippen MR) is 160 cm³/mol. The molecule has 11 nitrogen and oxygen atoms in total. The Kier molecular flexibility index (Phi) is 8.14. The Balaban J connectivity index is 0.912. The number of esters is 2. The molecule has 0 radical (unpaired) electrons. The Morgan fingerprint density at radius 3 is 1.35 bits per heavy atom. The minimum Gasteiger partial charge on any atom is -0.423 e. The summed E-state index contributed by atoms with van der Waals surface area (Å²) in [6, 6.07) is 20.4. The summed E-state index contributed by atoms with van der Waals surface area (Å²) in [6.07, 6.45) is 5.98. The molecule has 2 aromatic carbocycles. The molecule has 0 N–H and O–H groups in total. The van der Waals surface area contributed by atoms with Crippen molar-refractivity contribution >= 4 is 17.7 Å². The number of ether oxygens (including phenoxy) is 6. The average Bonchev–Trinajstić information content (AvgIpc) is 3.36. The molecule has 2 aromatic heterocycles. The smallest absolute Gasteiger partial charge is 0.345 e. The third kappa shape index (κ3) is 5.93. The molecule has 2 saturated heterocycles. The van der Waals surface area contributed by atoms with Gasteiger partial charge in [-0.15, -0.1) is 0 Å². The molecule has 11 heteroatoms. The Hall–Kier alpha value is -4.81. The summed E-state index contributed by atoms with van der Waals surface area (Å²) in [4.78, 5) is 46.3. The number of ketones is 1. The molecule has 1 saturated carbocycles. The van der Waals surface area contributed by atoms with E-state index in [4.69, 9.17) is 28.4 Å². The van der Waals surface area contributed by atoms with Gasteiger partial charge in [-0.3, -0.25) is 14.8 Å². The van der Waals surface area contributed by atoms with Crippen molar-refractivity contribution in [1.29, 1.82) is 0 Å². The van der Waals surface area contributed by atoms with Gasteiger partial charge in [-0.2, -0.15) is 0 Å². The van der Waals surface area contributed by atoms with Crippen molar-refractivity contribution in [2.24, 2.45) is 10.8 Å². The van der Waals surface area contributed by atoms with E-state index in [1.165, 1.54) is 12.4 Å². The van der Waals surface area contributed by atoms with Gasteiger partial charge in [0.25, 0.3) is 0 Å². The van der Waals surface area contributed by atoms with E-state index in [-0.39, 0.29) is 32.2 Å². The second-order valence-electron chi connectivity index (χ2n) is 11.7. The van der Waals surface area contributed by atoms with E-state index >= 15 is 0 Å². The monoisotopic (exact) mass is 622 g/mol. The maximum absolute atomic E-state index is 13.8. The van der Waals surface area contributed by atoms with E-state index in [1.54, 1.807) is 85.2 Å². The fourth-order valence-electron chi connectivity index (χ4n) is 6.01. The molecule has 0 atom stereocenters. The number of hydrogen-bond donors (Lipinski definition) is 0. The number of Topliss-reactive ketones (excluding diaryl/α,β-unsaturated/α-hetero) is 1. The second-order valence-corrected chi connectivity index (χ2v) is 11.7. The molecule has 4 aromatic rings. The highest BCUT2D eigenvalue weighted by atomic mass is 16.7. The number of benzene rings is 2. The summed E-state index contributed by atoms with van der Waals surface area (Å²) >= 11 is 0. The molecule has 3 fully saturated rings. The fraction of sp³-hybridized carbons (Fsp3) is 0.286. The van der Waals surface area contributed by atoms with Crippen LogP contribution in [0, 0.1) is 10.8 Å². The van der Waals surface area contributed by atoms with Gasteiger partial charge in [0.2, 0.25) is 0 Å².